The standard InChI is InChI=1S/C14H23NO3S/c1-11(2)12-5-7-14(8-6-12)19(16)15-13(9-17-3)10-18-4/h5-8,11,13,15H,9-10H2,1-4H3. The Morgan fingerprint density at radius 1 is 1.11 bits per heavy atom. The average molecular weight is 285 g/mol. The van der Waals surface area contributed by atoms with Crippen molar-refractivity contribution in [1.29, 1.82) is 0 Å². The predicted octanol–water partition coefficient (Wildman–Crippen LogP) is 2.08. The Kier molecular flexibility index (Phi) is 7.23. The van der Waals surface area contributed by atoms with Gasteiger partial charge in [-0.2, -0.15) is 0 Å². The fraction of sp³-hybridized carbons (Fsp3) is 0.571. The number of methoxy groups -OCH3 is 2. The third kappa shape index (κ3) is 5.40. The van der Waals surface area contributed by atoms with Crippen LogP contribution < -0.4 is 4.72 Å². The molecule has 0 aliphatic heterocycles. The molecule has 1 atom stereocenters. The summed E-state index contributed by atoms with van der Waals surface area (Å²) in [5, 5.41) is 0. The summed E-state index contributed by atoms with van der Waals surface area (Å²) < 4.78 is 25.3. The SMILES string of the molecule is COCC(COC)NS(=O)c1ccc(C(C)C)cc1. The van der Waals surface area contributed by atoms with Crippen LogP contribution in [0.2, 0.25) is 0 Å². The highest BCUT2D eigenvalue weighted by molar-refractivity contribution is 7.83. The second-order valence-electron chi connectivity index (χ2n) is 4.72. The van der Waals surface area contributed by atoms with E-state index < -0.39 is 11.0 Å². The van der Waals surface area contributed by atoms with E-state index in [1.165, 1.54) is 5.56 Å². The van der Waals surface area contributed by atoms with E-state index >= 15 is 0 Å². The maximum absolute atomic E-state index is 12.2. The van der Waals surface area contributed by atoms with Crippen LogP contribution >= 0.6 is 0 Å². The van der Waals surface area contributed by atoms with Crippen LogP contribution in [0.1, 0.15) is 25.3 Å². The smallest absolute Gasteiger partial charge is 0.125 e. The summed E-state index contributed by atoms with van der Waals surface area (Å²) in [6.07, 6.45) is 0. The third-order valence-electron chi connectivity index (χ3n) is 2.77. The van der Waals surface area contributed by atoms with Crippen molar-refractivity contribution in [2.75, 3.05) is 27.4 Å². The summed E-state index contributed by atoms with van der Waals surface area (Å²) in [6.45, 7) is 5.20. The van der Waals surface area contributed by atoms with E-state index in [1.807, 2.05) is 24.3 Å². The van der Waals surface area contributed by atoms with Gasteiger partial charge in [0.2, 0.25) is 0 Å². The number of nitrogens with one attached hydrogen (secondary N) is 1. The molecule has 0 fully saturated rings. The highest BCUT2D eigenvalue weighted by Crippen LogP contribution is 2.16. The molecule has 0 saturated carbocycles. The molecule has 1 unspecified atom stereocenters. The van der Waals surface area contributed by atoms with E-state index in [0.717, 1.165) is 4.90 Å². The van der Waals surface area contributed by atoms with Gasteiger partial charge < -0.3 is 9.47 Å². The molecule has 4 nitrogen and oxygen atoms in total. The lowest BCUT2D eigenvalue weighted by atomic mass is 10.0. The molecule has 5 heteroatoms. The van der Waals surface area contributed by atoms with Gasteiger partial charge in [0.15, 0.2) is 0 Å². The Bertz CT molecular complexity index is 386. The zero-order valence-electron chi connectivity index (χ0n) is 12.0. The Labute approximate surface area is 118 Å². The van der Waals surface area contributed by atoms with E-state index in [4.69, 9.17) is 9.47 Å². The van der Waals surface area contributed by atoms with E-state index in [-0.39, 0.29) is 6.04 Å². The third-order valence-corrected chi connectivity index (χ3v) is 4.02. The van der Waals surface area contributed by atoms with E-state index in [9.17, 15) is 4.21 Å². The number of ether oxygens (including phenoxy) is 2. The van der Waals surface area contributed by atoms with Crippen molar-refractivity contribution >= 4 is 11.0 Å². The summed E-state index contributed by atoms with van der Waals surface area (Å²) in [6, 6.07) is 7.74. The summed E-state index contributed by atoms with van der Waals surface area (Å²) in [5.41, 5.74) is 1.24. The molecule has 0 amide bonds. The molecule has 19 heavy (non-hydrogen) atoms. The van der Waals surface area contributed by atoms with Gasteiger partial charge in [-0.3, -0.25) is 0 Å². The van der Waals surface area contributed by atoms with Crippen molar-refractivity contribution in [3.63, 3.8) is 0 Å². The lowest BCUT2D eigenvalue weighted by Gasteiger charge is -2.16. The van der Waals surface area contributed by atoms with Gasteiger partial charge in [0.05, 0.1) is 24.2 Å². The number of benzene rings is 1. The first-order valence-electron chi connectivity index (χ1n) is 6.34. The summed E-state index contributed by atoms with van der Waals surface area (Å²) >= 11 is 0. The molecule has 0 radical (unpaired) electrons. The van der Waals surface area contributed by atoms with E-state index in [2.05, 4.69) is 18.6 Å². The van der Waals surface area contributed by atoms with Crippen molar-refractivity contribution in [3.8, 4) is 0 Å². The molecule has 1 aromatic rings. The van der Waals surface area contributed by atoms with Gasteiger partial charge in [-0.15, -0.1) is 0 Å². The van der Waals surface area contributed by atoms with Gasteiger partial charge in [-0.05, 0) is 23.6 Å². The summed E-state index contributed by atoms with van der Waals surface area (Å²) in [4.78, 5) is 0.765. The molecule has 0 saturated heterocycles. The topological polar surface area (TPSA) is 47.6 Å². The summed E-state index contributed by atoms with van der Waals surface area (Å²) in [5.74, 6) is 0.477. The fourth-order valence-corrected chi connectivity index (χ4v) is 2.67. The first-order valence-corrected chi connectivity index (χ1v) is 7.49. The van der Waals surface area contributed by atoms with Gasteiger partial charge >= 0.3 is 0 Å². The van der Waals surface area contributed by atoms with Gasteiger partial charge in [0, 0.05) is 14.2 Å². The Balaban J connectivity index is 2.65. The first kappa shape index (κ1) is 16.3. The molecule has 1 aromatic carbocycles. The first-order chi connectivity index (χ1) is 9.08. The van der Waals surface area contributed by atoms with Crippen LogP contribution in [0.3, 0.4) is 0 Å². The largest absolute Gasteiger partial charge is 0.383 e. The predicted molar refractivity (Wildman–Crippen MR) is 77.6 cm³/mol. The molecule has 0 aliphatic rings. The van der Waals surface area contributed by atoms with E-state index in [1.54, 1.807) is 14.2 Å². The molecule has 0 heterocycles. The zero-order chi connectivity index (χ0) is 14.3. The van der Waals surface area contributed by atoms with Crippen LogP contribution in [0.5, 0.6) is 0 Å². The molecule has 0 aromatic heterocycles. The van der Waals surface area contributed by atoms with Crippen molar-refractivity contribution < 1.29 is 13.7 Å². The van der Waals surface area contributed by atoms with Crippen molar-refractivity contribution in [3.05, 3.63) is 29.8 Å². The molecular formula is C14H23NO3S. The van der Waals surface area contributed by atoms with E-state index in [0.29, 0.717) is 19.1 Å². The highest BCUT2D eigenvalue weighted by Gasteiger charge is 2.13. The number of rotatable bonds is 8. The maximum atomic E-state index is 12.2. The van der Waals surface area contributed by atoms with Crippen LogP contribution in [-0.2, 0) is 20.5 Å². The van der Waals surface area contributed by atoms with Gasteiger partial charge in [0.1, 0.15) is 11.0 Å². The van der Waals surface area contributed by atoms with Crippen LogP contribution in [0.4, 0.5) is 0 Å². The van der Waals surface area contributed by atoms with Gasteiger partial charge in [0.25, 0.3) is 0 Å². The maximum Gasteiger partial charge on any atom is 0.125 e. The molecular weight excluding hydrogens is 262 g/mol. The second-order valence-corrected chi connectivity index (χ2v) is 5.96. The molecule has 1 rings (SSSR count). The monoisotopic (exact) mass is 285 g/mol. The molecule has 1 N–H and O–H groups in total. The minimum atomic E-state index is -1.25. The molecule has 0 bridgehead atoms. The van der Waals surface area contributed by atoms with Crippen LogP contribution in [-0.4, -0.2) is 37.7 Å². The Hall–Kier alpha value is -0.750. The van der Waals surface area contributed by atoms with Crippen LogP contribution in [0.25, 0.3) is 0 Å². The van der Waals surface area contributed by atoms with Gasteiger partial charge in [-0.25, -0.2) is 8.93 Å². The van der Waals surface area contributed by atoms with Crippen molar-refractivity contribution in [1.82, 2.24) is 4.72 Å². The number of hydrogen-bond donors (Lipinski definition) is 1. The lowest BCUT2D eigenvalue weighted by molar-refractivity contribution is 0.113. The number of hydrogen-bond acceptors (Lipinski definition) is 3. The lowest BCUT2D eigenvalue weighted by Crippen LogP contribution is -2.38. The minimum Gasteiger partial charge on any atom is -0.383 e. The Morgan fingerprint density at radius 3 is 2.05 bits per heavy atom. The quantitative estimate of drug-likeness (QED) is 0.795. The normalized spacial score (nSPS) is 13.2. The fourth-order valence-electron chi connectivity index (χ4n) is 1.71. The highest BCUT2D eigenvalue weighted by atomic mass is 32.2. The van der Waals surface area contributed by atoms with Gasteiger partial charge in [-0.1, -0.05) is 26.0 Å². The summed E-state index contributed by atoms with van der Waals surface area (Å²) in [7, 11) is 1.98. The second kappa shape index (κ2) is 8.43. The van der Waals surface area contributed by atoms with Crippen molar-refractivity contribution in [2.24, 2.45) is 0 Å². The van der Waals surface area contributed by atoms with Crippen LogP contribution in [0, 0.1) is 0 Å². The minimum absolute atomic E-state index is 0.0828. The Morgan fingerprint density at radius 2 is 1.63 bits per heavy atom. The average Bonchev–Trinajstić information content (AvgIpc) is 2.39. The molecule has 108 valence electrons. The molecule has 0 spiro atoms. The van der Waals surface area contributed by atoms with Crippen LogP contribution in [0.15, 0.2) is 29.2 Å². The van der Waals surface area contributed by atoms with Crippen molar-refractivity contribution in [2.45, 2.75) is 30.7 Å². The zero-order valence-corrected chi connectivity index (χ0v) is 12.8. The molecule has 0 aliphatic carbocycles.